The van der Waals surface area contributed by atoms with Gasteiger partial charge in [0.2, 0.25) is 0 Å². The Bertz CT molecular complexity index is 344. The lowest BCUT2D eigenvalue weighted by Gasteiger charge is -2.44. The Labute approximate surface area is 130 Å². The van der Waals surface area contributed by atoms with Crippen molar-refractivity contribution >= 4 is 0 Å². The highest BCUT2D eigenvalue weighted by Gasteiger charge is 2.49. The van der Waals surface area contributed by atoms with Gasteiger partial charge in [0.25, 0.3) is 0 Å². The van der Waals surface area contributed by atoms with E-state index in [1.54, 1.807) is 0 Å². The SMILES string of the molecule is OCC1OC(OC2O[C@@H](CO)C(O)C(O)C2O)C(O)C(O)C1O. The van der Waals surface area contributed by atoms with E-state index >= 15 is 0 Å². The van der Waals surface area contributed by atoms with Crippen LogP contribution in [0.3, 0.4) is 0 Å². The van der Waals surface area contributed by atoms with Crippen molar-refractivity contribution in [3.63, 3.8) is 0 Å². The normalized spacial score (nSPS) is 51.7. The summed E-state index contributed by atoms with van der Waals surface area (Å²) in [5.74, 6) is 0. The molecule has 0 aromatic rings. The van der Waals surface area contributed by atoms with Crippen LogP contribution >= 0.6 is 0 Å². The van der Waals surface area contributed by atoms with Gasteiger partial charge in [0.05, 0.1) is 13.2 Å². The molecule has 0 aliphatic carbocycles. The van der Waals surface area contributed by atoms with E-state index in [0.29, 0.717) is 0 Å². The smallest absolute Gasteiger partial charge is 0.189 e. The highest BCUT2D eigenvalue weighted by Crippen LogP contribution is 2.27. The fourth-order valence-corrected chi connectivity index (χ4v) is 2.49. The lowest BCUT2D eigenvalue weighted by Crippen LogP contribution is -2.63. The molecule has 2 fully saturated rings. The Balaban J connectivity index is 2.07. The van der Waals surface area contributed by atoms with Crippen molar-refractivity contribution in [2.24, 2.45) is 0 Å². The Morgan fingerprint density at radius 3 is 1.22 bits per heavy atom. The van der Waals surface area contributed by atoms with Gasteiger partial charge in [-0.05, 0) is 0 Å². The average molecular weight is 342 g/mol. The van der Waals surface area contributed by atoms with Gasteiger partial charge in [-0.1, -0.05) is 0 Å². The number of rotatable bonds is 4. The summed E-state index contributed by atoms with van der Waals surface area (Å²) in [5, 5.41) is 76.4. The van der Waals surface area contributed by atoms with Gasteiger partial charge in [0.1, 0.15) is 48.8 Å². The van der Waals surface area contributed by atoms with E-state index in [-0.39, 0.29) is 0 Å². The van der Waals surface area contributed by atoms with Crippen LogP contribution in [0.25, 0.3) is 0 Å². The molecule has 11 heteroatoms. The first-order chi connectivity index (χ1) is 10.8. The molecule has 0 amide bonds. The summed E-state index contributed by atoms with van der Waals surface area (Å²) in [5.41, 5.74) is 0. The predicted molar refractivity (Wildman–Crippen MR) is 68.6 cm³/mol. The Hall–Kier alpha value is -0.440. The Kier molecular flexibility index (Phi) is 6.27. The molecule has 23 heavy (non-hydrogen) atoms. The molecule has 0 aromatic heterocycles. The highest BCUT2D eigenvalue weighted by atomic mass is 16.8. The molecule has 10 atom stereocenters. The van der Waals surface area contributed by atoms with Crippen LogP contribution in [-0.4, -0.2) is 115 Å². The second kappa shape index (κ2) is 7.63. The quantitative estimate of drug-likeness (QED) is 0.243. The van der Waals surface area contributed by atoms with Crippen LogP contribution in [0, 0.1) is 0 Å². The highest BCUT2D eigenvalue weighted by molar-refractivity contribution is 4.92. The largest absolute Gasteiger partial charge is 0.394 e. The maximum absolute atomic E-state index is 9.84. The zero-order valence-electron chi connectivity index (χ0n) is 12.0. The average Bonchev–Trinajstić information content (AvgIpc) is 2.55. The second-order valence-electron chi connectivity index (χ2n) is 5.53. The predicted octanol–water partition coefficient (Wildman–Crippen LogP) is -5.40. The molecule has 0 saturated carbocycles. The third kappa shape index (κ3) is 3.65. The standard InChI is InChI=1S/C12H22O11/c13-1-3-5(15)7(17)9(19)11(21-3)23-12-10(20)8(18)6(16)4(2-14)22-12/h3-20H,1-2H2/t3-,4?,5?,6?,7?,8?,9?,10?,11?,12?/m0/s1. The third-order valence-electron chi connectivity index (χ3n) is 3.97. The van der Waals surface area contributed by atoms with E-state index in [2.05, 4.69) is 0 Å². The van der Waals surface area contributed by atoms with Gasteiger partial charge < -0.3 is 55.1 Å². The van der Waals surface area contributed by atoms with Crippen LogP contribution in [0.5, 0.6) is 0 Å². The first kappa shape index (κ1) is 18.9. The van der Waals surface area contributed by atoms with Crippen LogP contribution in [-0.2, 0) is 14.2 Å². The summed E-state index contributed by atoms with van der Waals surface area (Å²) >= 11 is 0. The molecule has 2 aliphatic rings. The molecule has 2 aliphatic heterocycles. The molecule has 0 spiro atoms. The third-order valence-corrected chi connectivity index (χ3v) is 3.97. The minimum Gasteiger partial charge on any atom is -0.394 e. The summed E-state index contributed by atoms with van der Waals surface area (Å²) in [6.45, 7) is -1.33. The maximum Gasteiger partial charge on any atom is 0.189 e. The Morgan fingerprint density at radius 1 is 0.565 bits per heavy atom. The van der Waals surface area contributed by atoms with E-state index in [9.17, 15) is 30.6 Å². The summed E-state index contributed by atoms with van der Waals surface area (Å²) in [6, 6.07) is 0. The zero-order valence-corrected chi connectivity index (χ0v) is 12.0. The van der Waals surface area contributed by atoms with E-state index in [1.807, 2.05) is 0 Å². The number of hydrogen-bond acceptors (Lipinski definition) is 11. The van der Waals surface area contributed by atoms with Crippen molar-refractivity contribution < 1.29 is 55.1 Å². The van der Waals surface area contributed by atoms with Gasteiger partial charge >= 0.3 is 0 Å². The second-order valence-corrected chi connectivity index (χ2v) is 5.53. The maximum atomic E-state index is 9.84. The zero-order chi connectivity index (χ0) is 17.3. The van der Waals surface area contributed by atoms with Crippen LogP contribution < -0.4 is 0 Å². The minimum absolute atomic E-state index is 0.667. The first-order valence-corrected chi connectivity index (χ1v) is 7.08. The molecule has 11 nitrogen and oxygen atoms in total. The van der Waals surface area contributed by atoms with Gasteiger partial charge in [-0.25, -0.2) is 0 Å². The molecule has 0 radical (unpaired) electrons. The van der Waals surface area contributed by atoms with Gasteiger partial charge in [-0.3, -0.25) is 0 Å². The number of hydrogen-bond donors (Lipinski definition) is 8. The van der Waals surface area contributed by atoms with Crippen LogP contribution in [0.1, 0.15) is 0 Å². The van der Waals surface area contributed by atoms with Crippen molar-refractivity contribution in [3.8, 4) is 0 Å². The molecule has 2 rings (SSSR count). The molecule has 9 unspecified atom stereocenters. The molecule has 2 heterocycles. The fourth-order valence-electron chi connectivity index (χ4n) is 2.49. The van der Waals surface area contributed by atoms with E-state index < -0.39 is 74.6 Å². The van der Waals surface area contributed by atoms with Crippen LogP contribution in [0.2, 0.25) is 0 Å². The fraction of sp³-hybridized carbons (Fsp3) is 1.00. The molecular weight excluding hydrogens is 320 g/mol. The lowest BCUT2D eigenvalue weighted by atomic mass is 9.98. The van der Waals surface area contributed by atoms with Crippen molar-refractivity contribution in [1.29, 1.82) is 0 Å². The number of aliphatic hydroxyl groups is 8. The van der Waals surface area contributed by atoms with Crippen LogP contribution in [0.4, 0.5) is 0 Å². The molecule has 0 bridgehead atoms. The van der Waals surface area contributed by atoms with Crippen molar-refractivity contribution in [2.45, 2.75) is 61.4 Å². The molecule has 8 N–H and O–H groups in total. The van der Waals surface area contributed by atoms with Gasteiger partial charge in [-0.2, -0.15) is 0 Å². The van der Waals surface area contributed by atoms with Crippen molar-refractivity contribution in [2.75, 3.05) is 13.2 Å². The topological polar surface area (TPSA) is 190 Å². The van der Waals surface area contributed by atoms with Gasteiger partial charge in [0, 0.05) is 0 Å². The lowest BCUT2D eigenvalue weighted by molar-refractivity contribution is -0.376. The first-order valence-electron chi connectivity index (χ1n) is 7.08. The molecule has 136 valence electrons. The van der Waals surface area contributed by atoms with Crippen LogP contribution in [0.15, 0.2) is 0 Å². The van der Waals surface area contributed by atoms with Gasteiger partial charge in [0.15, 0.2) is 12.6 Å². The summed E-state index contributed by atoms with van der Waals surface area (Å²) in [7, 11) is 0. The van der Waals surface area contributed by atoms with E-state index in [4.69, 9.17) is 24.4 Å². The monoisotopic (exact) mass is 342 g/mol. The summed E-state index contributed by atoms with van der Waals surface area (Å²) in [4.78, 5) is 0. The summed E-state index contributed by atoms with van der Waals surface area (Å²) in [6.07, 6.45) is -15.6. The molecule has 0 aromatic carbocycles. The molecule has 2 saturated heterocycles. The number of aliphatic hydroxyl groups excluding tert-OH is 8. The van der Waals surface area contributed by atoms with Crippen molar-refractivity contribution in [3.05, 3.63) is 0 Å². The van der Waals surface area contributed by atoms with Gasteiger partial charge in [-0.15, -0.1) is 0 Å². The molecular formula is C12H22O11. The summed E-state index contributed by atoms with van der Waals surface area (Å²) < 4.78 is 15.3. The van der Waals surface area contributed by atoms with Crippen molar-refractivity contribution in [1.82, 2.24) is 0 Å². The van der Waals surface area contributed by atoms with E-state index in [1.165, 1.54) is 0 Å². The minimum atomic E-state index is -1.72. The van der Waals surface area contributed by atoms with E-state index in [0.717, 1.165) is 0 Å². The Morgan fingerprint density at radius 2 is 0.913 bits per heavy atom. The number of ether oxygens (including phenoxy) is 3.